The van der Waals surface area contributed by atoms with Gasteiger partial charge in [-0.2, -0.15) is 0 Å². The first-order valence-corrected chi connectivity index (χ1v) is 57.4. The van der Waals surface area contributed by atoms with Crippen molar-refractivity contribution in [2.75, 3.05) is 0 Å². The molecule has 0 aliphatic carbocycles. The molecule has 18 aromatic rings. The Morgan fingerprint density at radius 1 is 0.0800 bits per heavy atom. The maximum Gasteiger partial charge on any atom is -0.0155 e. The highest BCUT2D eigenvalue weighted by molar-refractivity contribution is 5.87. The molecule has 150 heavy (non-hydrogen) atoms. The maximum absolute atomic E-state index is 2.20. The quantitative estimate of drug-likeness (QED) is 0.142. The minimum Gasteiger partial charge on any atom is -0.0683 e. The molecule has 0 unspecified atom stereocenters. The standard InChI is InChI=1S/4C11H10.10C7H8.18C2H6/c2*1-9-5-4-7-10-6-2-3-8-11(9)10;2*1-9-6-7-10-4-2-3-5-11(10)8-9;10*1-7-5-3-2-4-6-7;18*1-2/h4*2-8H,1H3;10*2-6H,1H3;18*1-2H3. The lowest BCUT2D eigenvalue weighted by atomic mass is 10.1. The summed E-state index contributed by atoms with van der Waals surface area (Å²) >= 11 is 0. The zero-order valence-corrected chi connectivity index (χ0v) is 106. The van der Waals surface area contributed by atoms with Gasteiger partial charge in [0.15, 0.2) is 0 Å². The number of fused-ring (bicyclic) bond motifs is 4. The fourth-order valence-corrected chi connectivity index (χ4v) is 10.7. The van der Waals surface area contributed by atoms with Crippen LogP contribution in [0.5, 0.6) is 0 Å². The molecular weight excluding hydrogens is 1800 g/mol. The lowest BCUT2D eigenvalue weighted by molar-refractivity contribution is 1.48. The van der Waals surface area contributed by atoms with Crippen LogP contribution >= 0.6 is 0 Å². The second-order valence-electron chi connectivity index (χ2n) is 27.8. The van der Waals surface area contributed by atoms with Gasteiger partial charge in [-0.05, 0) is 151 Å². The number of hydrogen-bond donors (Lipinski definition) is 0. The van der Waals surface area contributed by atoms with Crippen LogP contribution in [0.15, 0.2) is 473 Å². The van der Waals surface area contributed by atoms with Crippen molar-refractivity contribution in [3.05, 3.63) is 551 Å². The van der Waals surface area contributed by atoms with Crippen LogP contribution in [-0.4, -0.2) is 0 Å². The lowest BCUT2D eigenvalue weighted by Crippen LogP contribution is -1.75. The minimum atomic E-state index is 1.32. The summed E-state index contributed by atoms with van der Waals surface area (Å²) in [5.41, 5.74) is 18.6. The van der Waals surface area contributed by atoms with E-state index >= 15 is 0 Å². The molecule has 0 heteroatoms. The van der Waals surface area contributed by atoms with Gasteiger partial charge in [0.25, 0.3) is 0 Å². The topological polar surface area (TPSA) is 0 Å². The summed E-state index contributed by atoms with van der Waals surface area (Å²) in [4.78, 5) is 0. The molecule has 828 valence electrons. The van der Waals surface area contributed by atoms with E-state index in [4.69, 9.17) is 0 Å². The van der Waals surface area contributed by atoms with Crippen molar-refractivity contribution in [2.24, 2.45) is 0 Å². The molecule has 18 rings (SSSR count). The fraction of sp³-hybridized carbons (Fsp3) is 0.333. The van der Waals surface area contributed by atoms with Crippen LogP contribution in [0.4, 0.5) is 0 Å². The van der Waals surface area contributed by atoms with Crippen molar-refractivity contribution >= 4 is 43.1 Å². The van der Waals surface area contributed by atoms with E-state index in [1.54, 1.807) is 0 Å². The zero-order valence-electron chi connectivity index (χ0n) is 106. The molecule has 0 amide bonds. The molecule has 0 saturated heterocycles. The van der Waals surface area contributed by atoms with E-state index in [1.165, 1.54) is 121 Å². The molecule has 0 saturated carbocycles. The Morgan fingerprint density at radius 2 is 0.193 bits per heavy atom. The van der Waals surface area contributed by atoms with E-state index in [0.717, 1.165) is 0 Å². The number of rotatable bonds is 0. The third kappa shape index (κ3) is 109. The van der Waals surface area contributed by atoms with Crippen molar-refractivity contribution in [3.8, 4) is 0 Å². The molecule has 0 heterocycles. The SMILES string of the molecule is CC.CC.CC.CC.CC.CC.CC.CC.CC.CC.CC.CC.CC.CC.CC.CC.CC.CC.Cc1ccc2ccccc2c1.Cc1ccc2ccccc2c1.Cc1cccc2ccccc12.Cc1cccc2ccccc12.Cc1ccccc1.Cc1ccccc1.Cc1ccccc1.Cc1ccccc1.Cc1ccccc1.Cc1ccccc1.Cc1ccccc1.Cc1ccccc1.Cc1ccccc1.Cc1ccccc1. The molecule has 0 aliphatic rings. The Morgan fingerprint density at radius 3 is 0.320 bits per heavy atom. The van der Waals surface area contributed by atoms with Gasteiger partial charge in [-0.25, -0.2) is 0 Å². The van der Waals surface area contributed by atoms with E-state index in [2.05, 4.69) is 388 Å². The predicted octanol–water partition coefficient (Wildman–Crippen LogP) is 51.0. The molecule has 0 aliphatic heterocycles. The predicted molar refractivity (Wildman–Crippen MR) is 711 cm³/mol. The highest BCUT2D eigenvalue weighted by Crippen LogP contribution is 2.20. The Kier molecular flexibility index (Phi) is 161. The third-order valence-corrected chi connectivity index (χ3v) is 17.2. The van der Waals surface area contributed by atoms with Crippen LogP contribution in [0.3, 0.4) is 0 Å². The first-order valence-electron chi connectivity index (χ1n) is 57.4. The van der Waals surface area contributed by atoms with Crippen molar-refractivity contribution in [1.82, 2.24) is 0 Å². The molecule has 0 N–H and O–H groups in total. The highest BCUT2D eigenvalue weighted by atomic mass is 14.0. The Bertz CT molecular complexity index is 4540. The minimum absolute atomic E-state index is 1.32. The van der Waals surface area contributed by atoms with Gasteiger partial charge in [-0.1, -0.05) is 789 Å². The first-order chi connectivity index (χ1) is 73.4. The van der Waals surface area contributed by atoms with Gasteiger partial charge in [-0.3, -0.25) is 0 Å². The van der Waals surface area contributed by atoms with Gasteiger partial charge >= 0.3 is 0 Å². The van der Waals surface area contributed by atoms with Gasteiger partial charge in [-0.15, -0.1) is 0 Å². The molecule has 18 aromatic carbocycles. The van der Waals surface area contributed by atoms with Crippen molar-refractivity contribution in [1.29, 1.82) is 0 Å². The monoisotopic (exact) mass is 2030 g/mol. The van der Waals surface area contributed by atoms with Gasteiger partial charge in [0.2, 0.25) is 0 Å². The van der Waals surface area contributed by atoms with Crippen molar-refractivity contribution < 1.29 is 0 Å². The highest BCUT2D eigenvalue weighted by Gasteiger charge is 1.95. The summed E-state index contributed by atoms with van der Waals surface area (Å²) < 4.78 is 0. The summed E-state index contributed by atoms with van der Waals surface area (Å²) in [5.74, 6) is 0. The average Bonchev–Trinajstić information content (AvgIpc) is 0.865. The second kappa shape index (κ2) is 144. The molecule has 0 bridgehead atoms. The van der Waals surface area contributed by atoms with Crippen molar-refractivity contribution in [2.45, 2.75) is 346 Å². The van der Waals surface area contributed by atoms with Crippen LogP contribution in [0, 0.1) is 96.9 Å². The Hall–Kier alpha value is -13.0. The van der Waals surface area contributed by atoms with E-state index in [1.807, 2.05) is 431 Å². The molecule has 0 aromatic heterocycles. The smallest absolute Gasteiger partial charge is 0.0155 e. The van der Waals surface area contributed by atoms with Crippen LogP contribution in [0.1, 0.15) is 327 Å². The second-order valence-corrected chi connectivity index (χ2v) is 27.8. The Labute approximate surface area is 933 Å². The molecule has 0 atom stereocenters. The lowest BCUT2D eigenvalue weighted by Gasteiger charge is -1.98. The molecular formula is C150H228. The first kappa shape index (κ1) is 167. The summed E-state index contributed by atoms with van der Waals surface area (Å²) in [6.07, 6.45) is 0. The largest absolute Gasteiger partial charge is 0.0683 e. The van der Waals surface area contributed by atoms with Gasteiger partial charge in [0.05, 0.1) is 0 Å². The normalized spacial score (nSPS) is 7.80. The summed E-state index contributed by atoms with van der Waals surface area (Å²) in [6.45, 7) is 101. The average molecular weight is 2030 g/mol. The van der Waals surface area contributed by atoms with Crippen LogP contribution in [0.25, 0.3) is 43.1 Å². The van der Waals surface area contributed by atoms with Gasteiger partial charge < -0.3 is 0 Å². The van der Waals surface area contributed by atoms with Crippen LogP contribution in [0.2, 0.25) is 0 Å². The van der Waals surface area contributed by atoms with E-state index in [0.29, 0.717) is 0 Å². The summed E-state index contributed by atoms with van der Waals surface area (Å²) in [5, 5.41) is 10.7. The fourth-order valence-electron chi connectivity index (χ4n) is 10.7. The molecule has 0 nitrogen and oxygen atoms in total. The van der Waals surface area contributed by atoms with Gasteiger partial charge in [0.1, 0.15) is 0 Å². The molecule has 0 spiro atoms. The van der Waals surface area contributed by atoms with E-state index in [9.17, 15) is 0 Å². The molecule has 0 fully saturated rings. The van der Waals surface area contributed by atoms with E-state index in [-0.39, 0.29) is 0 Å². The molecule has 0 radical (unpaired) electrons. The van der Waals surface area contributed by atoms with Crippen LogP contribution < -0.4 is 0 Å². The maximum atomic E-state index is 2.20. The summed E-state index contributed by atoms with van der Waals surface area (Å²) in [6, 6.07) is 162. The van der Waals surface area contributed by atoms with E-state index < -0.39 is 0 Å². The third-order valence-electron chi connectivity index (χ3n) is 17.2. The Balaban J connectivity index is -0.000000108. The zero-order chi connectivity index (χ0) is 118. The number of aryl methyl sites for hydroxylation is 14. The van der Waals surface area contributed by atoms with Gasteiger partial charge in [0, 0.05) is 0 Å². The number of benzene rings is 18. The number of hydrogen-bond acceptors (Lipinski definition) is 0. The van der Waals surface area contributed by atoms with Crippen molar-refractivity contribution in [3.63, 3.8) is 0 Å². The summed E-state index contributed by atoms with van der Waals surface area (Å²) in [7, 11) is 0. The van der Waals surface area contributed by atoms with Crippen LogP contribution in [-0.2, 0) is 0 Å².